The van der Waals surface area contributed by atoms with Gasteiger partial charge in [-0.3, -0.25) is 4.79 Å². The molecule has 1 aromatic carbocycles. The third kappa shape index (κ3) is 4.07. The molecule has 5 nitrogen and oxygen atoms in total. The van der Waals surface area contributed by atoms with Crippen LogP contribution in [0.4, 0.5) is 4.39 Å². The van der Waals surface area contributed by atoms with Crippen LogP contribution in [0.2, 0.25) is 0 Å². The first kappa shape index (κ1) is 17.6. The van der Waals surface area contributed by atoms with Crippen LogP contribution in [-0.2, 0) is 9.63 Å². The summed E-state index contributed by atoms with van der Waals surface area (Å²) in [6.07, 6.45) is 4.89. The Balaban J connectivity index is 1.69. The molecule has 1 aliphatic carbocycles. The lowest BCUT2D eigenvalue weighted by atomic mass is 9.83. The molecule has 1 saturated carbocycles. The lowest BCUT2D eigenvalue weighted by Crippen LogP contribution is -2.46. The number of benzene rings is 1. The van der Waals surface area contributed by atoms with Crippen LogP contribution in [0.1, 0.15) is 37.7 Å². The fourth-order valence-corrected chi connectivity index (χ4v) is 3.35. The van der Waals surface area contributed by atoms with Gasteiger partial charge in [0, 0.05) is 19.0 Å². The topological polar surface area (TPSA) is 67.9 Å². The second kappa shape index (κ2) is 7.78. The van der Waals surface area contributed by atoms with Crippen LogP contribution >= 0.6 is 0 Å². The van der Waals surface area contributed by atoms with E-state index in [0.29, 0.717) is 23.7 Å². The number of aliphatic imine (C=N–C) groups is 1. The van der Waals surface area contributed by atoms with E-state index in [1.54, 1.807) is 12.1 Å². The summed E-state index contributed by atoms with van der Waals surface area (Å²) in [5.41, 5.74) is 1.16. The molecule has 0 aromatic heterocycles. The maximum atomic E-state index is 13.0. The summed E-state index contributed by atoms with van der Waals surface area (Å²) < 4.78 is 13.0. The number of hydrogen-bond acceptors (Lipinski definition) is 4. The van der Waals surface area contributed by atoms with Crippen LogP contribution in [0.5, 0.6) is 0 Å². The summed E-state index contributed by atoms with van der Waals surface area (Å²) in [7, 11) is 0. The molecule has 2 aliphatic rings. The number of rotatable bonds is 4. The van der Waals surface area contributed by atoms with E-state index in [4.69, 9.17) is 10.7 Å². The Kier molecular flexibility index (Phi) is 5.48. The number of carbonyl (C=O) groups excluding carboxylic acids is 1. The third-order valence-electron chi connectivity index (χ3n) is 5.08. The van der Waals surface area contributed by atoms with Gasteiger partial charge in [-0.2, -0.15) is 5.90 Å². The van der Waals surface area contributed by atoms with Gasteiger partial charge in [-0.1, -0.05) is 13.0 Å². The summed E-state index contributed by atoms with van der Waals surface area (Å²) in [6.45, 7) is 5.27. The predicted molar refractivity (Wildman–Crippen MR) is 94.8 cm³/mol. The van der Waals surface area contributed by atoms with Gasteiger partial charge in [-0.15, -0.1) is 0 Å². The van der Waals surface area contributed by atoms with Crippen molar-refractivity contribution in [2.75, 3.05) is 13.1 Å². The quantitative estimate of drug-likeness (QED) is 0.518. The Morgan fingerprint density at radius 3 is 2.48 bits per heavy atom. The molecule has 0 spiro atoms. The van der Waals surface area contributed by atoms with Gasteiger partial charge >= 0.3 is 0 Å². The van der Waals surface area contributed by atoms with Crippen LogP contribution in [0.15, 0.2) is 35.8 Å². The number of hydrogen-bond donors (Lipinski definition) is 1. The van der Waals surface area contributed by atoms with Gasteiger partial charge in [-0.25, -0.2) is 9.38 Å². The van der Waals surface area contributed by atoms with E-state index in [2.05, 4.69) is 11.6 Å². The van der Waals surface area contributed by atoms with Gasteiger partial charge in [-0.05, 0) is 55.5 Å². The van der Waals surface area contributed by atoms with Crippen molar-refractivity contribution in [3.8, 4) is 0 Å². The van der Waals surface area contributed by atoms with E-state index in [1.807, 2.05) is 4.90 Å². The third-order valence-corrected chi connectivity index (χ3v) is 5.08. The highest BCUT2D eigenvalue weighted by Crippen LogP contribution is 2.30. The molecule has 2 N–H and O–H groups in total. The molecule has 1 saturated heterocycles. The maximum absolute atomic E-state index is 13.0. The fraction of sp³-hybridized carbons (Fsp3) is 0.474. The summed E-state index contributed by atoms with van der Waals surface area (Å²) >= 11 is 0. The zero-order valence-electron chi connectivity index (χ0n) is 14.3. The summed E-state index contributed by atoms with van der Waals surface area (Å²) in [4.78, 5) is 23.8. The lowest BCUT2D eigenvalue weighted by Gasteiger charge is -2.37. The highest BCUT2D eigenvalue weighted by molar-refractivity contribution is 5.86. The van der Waals surface area contributed by atoms with Crippen molar-refractivity contribution >= 4 is 17.5 Å². The smallest absolute Gasteiger partial charge is 0.225 e. The molecule has 1 unspecified atom stereocenters. The first-order valence-corrected chi connectivity index (χ1v) is 8.77. The first-order chi connectivity index (χ1) is 12.1. The Hall–Kier alpha value is -2.21. The molecule has 1 amide bonds. The molecule has 25 heavy (non-hydrogen) atoms. The number of carbonyl (C=O) groups is 1. The predicted octanol–water partition coefficient (Wildman–Crippen LogP) is 3.12. The highest BCUT2D eigenvalue weighted by Gasteiger charge is 2.34. The Labute approximate surface area is 147 Å². The number of piperidine rings is 1. The molecule has 0 bridgehead atoms. The Morgan fingerprint density at radius 2 is 1.88 bits per heavy atom. The SMILES string of the molecule is C=C(N=C(ON)C1CCCN(C(=O)C2CCC2)C1)c1ccc(F)cc1. The molecule has 2 fully saturated rings. The van der Waals surface area contributed by atoms with E-state index in [0.717, 1.165) is 38.6 Å². The van der Waals surface area contributed by atoms with Crippen molar-refractivity contribution in [3.05, 3.63) is 42.2 Å². The van der Waals surface area contributed by atoms with Gasteiger partial charge in [0.15, 0.2) is 0 Å². The minimum atomic E-state index is -0.312. The molecule has 6 heteroatoms. The standard InChI is InChI=1S/C19H24FN3O2/c1-13(14-7-9-17(20)10-8-14)22-18(25-21)16-6-3-11-23(12-16)19(24)15-4-2-5-15/h7-10,15-16H,1-6,11-12,21H2. The summed E-state index contributed by atoms with van der Waals surface area (Å²) in [6, 6.07) is 5.95. The average molecular weight is 345 g/mol. The highest BCUT2D eigenvalue weighted by atomic mass is 19.1. The van der Waals surface area contributed by atoms with Crippen LogP contribution < -0.4 is 5.90 Å². The van der Waals surface area contributed by atoms with E-state index in [1.165, 1.54) is 12.1 Å². The largest absolute Gasteiger partial charge is 0.395 e. The molecule has 1 heterocycles. The molecule has 3 rings (SSSR count). The first-order valence-electron chi connectivity index (χ1n) is 8.77. The molecule has 1 aliphatic heterocycles. The fourth-order valence-electron chi connectivity index (χ4n) is 3.35. The minimum absolute atomic E-state index is 0.0417. The van der Waals surface area contributed by atoms with Crippen LogP contribution in [0, 0.1) is 17.7 Å². The van der Waals surface area contributed by atoms with Crippen molar-refractivity contribution in [1.82, 2.24) is 4.90 Å². The lowest BCUT2D eigenvalue weighted by molar-refractivity contribution is -0.139. The second-order valence-corrected chi connectivity index (χ2v) is 6.77. The second-order valence-electron chi connectivity index (χ2n) is 6.77. The summed E-state index contributed by atoms with van der Waals surface area (Å²) in [5.74, 6) is 5.89. The Bertz CT molecular complexity index is 668. The minimum Gasteiger partial charge on any atom is -0.395 e. The monoisotopic (exact) mass is 345 g/mol. The molecule has 1 aromatic rings. The van der Waals surface area contributed by atoms with E-state index in [9.17, 15) is 9.18 Å². The van der Waals surface area contributed by atoms with Crippen LogP contribution in [0.25, 0.3) is 5.70 Å². The Morgan fingerprint density at radius 1 is 1.20 bits per heavy atom. The number of nitrogens with two attached hydrogens (primary N) is 1. The average Bonchev–Trinajstić information content (AvgIpc) is 2.58. The number of nitrogens with zero attached hydrogens (tertiary/aromatic N) is 2. The van der Waals surface area contributed by atoms with Gasteiger partial charge < -0.3 is 9.74 Å². The van der Waals surface area contributed by atoms with E-state index in [-0.39, 0.29) is 23.6 Å². The number of amides is 1. The molecular weight excluding hydrogens is 321 g/mol. The number of likely N-dealkylation sites (tertiary alicyclic amines) is 1. The van der Waals surface area contributed by atoms with Crippen molar-refractivity contribution < 1.29 is 14.0 Å². The number of halogens is 1. The zero-order valence-corrected chi connectivity index (χ0v) is 14.3. The van der Waals surface area contributed by atoms with Crippen molar-refractivity contribution in [2.24, 2.45) is 22.7 Å². The van der Waals surface area contributed by atoms with Crippen molar-refractivity contribution in [3.63, 3.8) is 0 Å². The normalized spacial score (nSPS) is 21.6. The van der Waals surface area contributed by atoms with Crippen LogP contribution in [0.3, 0.4) is 0 Å². The van der Waals surface area contributed by atoms with Gasteiger partial charge in [0.05, 0.1) is 11.6 Å². The molecular formula is C19H24FN3O2. The van der Waals surface area contributed by atoms with Gasteiger partial charge in [0.2, 0.25) is 11.8 Å². The zero-order chi connectivity index (χ0) is 17.8. The molecule has 1 atom stereocenters. The molecule has 134 valence electrons. The van der Waals surface area contributed by atoms with Crippen molar-refractivity contribution in [1.29, 1.82) is 0 Å². The van der Waals surface area contributed by atoms with Gasteiger partial charge in [0.25, 0.3) is 0 Å². The summed E-state index contributed by atoms with van der Waals surface area (Å²) in [5, 5.41) is 0. The van der Waals surface area contributed by atoms with E-state index >= 15 is 0 Å². The maximum Gasteiger partial charge on any atom is 0.225 e. The van der Waals surface area contributed by atoms with Gasteiger partial charge in [0.1, 0.15) is 5.82 Å². The molecule has 0 radical (unpaired) electrons. The van der Waals surface area contributed by atoms with Crippen LogP contribution in [-0.4, -0.2) is 29.8 Å². The van der Waals surface area contributed by atoms with Crippen molar-refractivity contribution in [2.45, 2.75) is 32.1 Å². The van der Waals surface area contributed by atoms with E-state index < -0.39 is 0 Å².